The number of aromatic hydroxyl groups is 2. The first-order valence-electron chi connectivity index (χ1n) is 16.2. The van der Waals surface area contributed by atoms with Crippen molar-refractivity contribution >= 4 is 71.0 Å². The van der Waals surface area contributed by atoms with Crippen LogP contribution >= 0.6 is 22.7 Å². The molecule has 0 spiro atoms. The molecule has 2 amide bonds. The van der Waals surface area contributed by atoms with Gasteiger partial charge in [0.25, 0.3) is 11.8 Å². The highest BCUT2D eigenvalue weighted by Crippen LogP contribution is 2.32. The van der Waals surface area contributed by atoms with E-state index < -0.39 is 11.8 Å². The fraction of sp³-hybridized carbons (Fsp3) is 0.0250. The molecule has 0 aliphatic heterocycles. The Balaban J connectivity index is 0.942. The van der Waals surface area contributed by atoms with Crippen molar-refractivity contribution in [1.82, 2.24) is 19.9 Å². The number of fused-ring (bicyclic) bond motifs is 2. The summed E-state index contributed by atoms with van der Waals surface area (Å²) in [7, 11) is 0. The monoisotopic (exact) mass is 734 g/mol. The number of carbonyl (C=O) groups is 3. The summed E-state index contributed by atoms with van der Waals surface area (Å²) < 4.78 is 1.62. The van der Waals surface area contributed by atoms with Crippen LogP contribution in [0.4, 0.5) is 10.3 Å². The highest BCUT2D eigenvalue weighted by atomic mass is 32.1. The maximum Gasteiger partial charge on any atom is 0.279 e. The number of rotatable bonds is 9. The molecular formula is C40H26N6O5S2. The molecule has 8 rings (SSSR count). The maximum atomic E-state index is 13.1. The molecule has 53 heavy (non-hydrogen) atoms. The third-order valence-corrected chi connectivity index (χ3v) is 10.2. The van der Waals surface area contributed by atoms with Gasteiger partial charge in [-0.05, 0) is 71.6 Å². The van der Waals surface area contributed by atoms with Gasteiger partial charge in [0.1, 0.15) is 11.5 Å². The van der Waals surface area contributed by atoms with Gasteiger partial charge in [0, 0.05) is 29.1 Å². The van der Waals surface area contributed by atoms with Crippen molar-refractivity contribution in [2.24, 2.45) is 0 Å². The van der Waals surface area contributed by atoms with Crippen molar-refractivity contribution in [3.8, 4) is 22.6 Å². The van der Waals surface area contributed by atoms with E-state index in [2.05, 4.69) is 30.6 Å². The van der Waals surface area contributed by atoms with Gasteiger partial charge in [0.15, 0.2) is 27.4 Å². The fourth-order valence-electron chi connectivity index (χ4n) is 5.77. The van der Waals surface area contributed by atoms with Gasteiger partial charge in [-0.15, -0.1) is 0 Å². The average molecular weight is 735 g/mol. The summed E-state index contributed by atoms with van der Waals surface area (Å²) in [5.41, 5.74) is 5.72. The molecule has 0 atom stereocenters. The lowest BCUT2D eigenvalue weighted by Crippen LogP contribution is -2.13. The zero-order valence-electron chi connectivity index (χ0n) is 27.5. The summed E-state index contributed by atoms with van der Waals surface area (Å²) in [5.74, 6) is -1.75. The highest BCUT2D eigenvalue weighted by molar-refractivity contribution is 7.22. The Bertz CT molecular complexity index is 2710. The van der Waals surface area contributed by atoms with E-state index in [1.165, 1.54) is 47.2 Å². The van der Waals surface area contributed by atoms with Crippen molar-refractivity contribution in [2.45, 2.75) is 6.42 Å². The lowest BCUT2D eigenvalue weighted by Gasteiger charge is -2.09. The standard InChI is InChI=1S/C40H26N6O5S2/c47-30-10-5-15-41-34(30)37(50)45-39-43-28-13-11-23(18-32(28)52-39)16-22-6-4-9-25(17-22)27-19-31(48)35(42-21-27)38(51)46-40-44-29-14-12-26(20-33(29)53-40)36(49)24-7-2-1-3-8-24/h1-15,17-21,47-48H,16H2,(H,43,45,50)(H,44,46,51). The van der Waals surface area contributed by atoms with E-state index in [0.717, 1.165) is 31.6 Å². The fourth-order valence-corrected chi connectivity index (χ4v) is 7.60. The zero-order chi connectivity index (χ0) is 36.5. The normalized spacial score (nSPS) is 11.1. The zero-order valence-corrected chi connectivity index (χ0v) is 29.1. The number of pyridine rings is 2. The Hall–Kier alpha value is -6.83. The molecular weight excluding hydrogens is 709 g/mol. The third kappa shape index (κ3) is 7.06. The number of aromatic nitrogens is 4. The molecule has 13 heteroatoms. The summed E-state index contributed by atoms with van der Waals surface area (Å²) >= 11 is 2.55. The number of nitrogens with zero attached hydrogens (tertiary/aromatic N) is 4. The lowest BCUT2D eigenvalue weighted by atomic mass is 9.99. The first-order valence-corrected chi connectivity index (χ1v) is 17.9. The predicted molar refractivity (Wildman–Crippen MR) is 205 cm³/mol. The van der Waals surface area contributed by atoms with Gasteiger partial charge in [-0.3, -0.25) is 25.0 Å². The molecule has 0 unspecified atom stereocenters. The van der Waals surface area contributed by atoms with Gasteiger partial charge in [0.2, 0.25) is 0 Å². The largest absolute Gasteiger partial charge is 0.505 e. The van der Waals surface area contributed by atoms with Gasteiger partial charge >= 0.3 is 0 Å². The number of hydrogen-bond donors (Lipinski definition) is 4. The number of hydrogen-bond acceptors (Lipinski definition) is 11. The lowest BCUT2D eigenvalue weighted by molar-refractivity contribution is 0.101. The Morgan fingerprint density at radius 2 is 1.26 bits per heavy atom. The van der Waals surface area contributed by atoms with Crippen molar-refractivity contribution in [3.05, 3.63) is 155 Å². The molecule has 4 N–H and O–H groups in total. The van der Waals surface area contributed by atoms with Crippen molar-refractivity contribution in [1.29, 1.82) is 0 Å². The number of ketones is 1. The van der Waals surface area contributed by atoms with Crippen LogP contribution in [0.25, 0.3) is 31.6 Å². The molecule has 0 saturated heterocycles. The first kappa shape index (κ1) is 33.3. The van der Waals surface area contributed by atoms with E-state index >= 15 is 0 Å². The van der Waals surface area contributed by atoms with Crippen LogP contribution in [0, 0.1) is 0 Å². The molecule has 0 saturated carbocycles. The second kappa shape index (κ2) is 14.1. The predicted octanol–water partition coefficient (Wildman–Crippen LogP) is 8.10. The molecule has 4 aromatic carbocycles. The third-order valence-electron chi connectivity index (χ3n) is 8.33. The van der Waals surface area contributed by atoms with Crippen LogP contribution < -0.4 is 10.6 Å². The summed E-state index contributed by atoms with van der Waals surface area (Å²) in [6.07, 6.45) is 3.58. The van der Waals surface area contributed by atoms with Gasteiger partial charge in [-0.1, -0.05) is 83.3 Å². The summed E-state index contributed by atoms with van der Waals surface area (Å²) in [4.78, 5) is 55.8. The summed E-state index contributed by atoms with van der Waals surface area (Å²) in [6, 6.07) is 32.3. The molecule has 0 fully saturated rings. The van der Waals surface area contributed by atoms with Crippen LogP contribution in [0.2, 0.25) is 0 Å². The van der Waals surface area contributed by atoms with Gasteiger partial charge < -0.3 is 10.2 Å². The van der Waals surface area contributed by atoms with Gasteiger partial charge in [-0.25, -0.2) is 19.9 Å². The van der Waals surface area contributed by atoms with Gasteiger partial charge in [-0.2, -0.15) is 0 Å². The van der Waals surface area contributed by atoms with Crippen molar-refractivity contribution in [3.63, 3.8) is 0 Å². The number of amides is 2. The SMILES string of the molecule is O=C(c1ccccc1)c1ccc2nc(NC(=O)c3ncc(-c4cccc(Cc5ccc6nc(NC(=O)c7ncccc7O)sc6c5)c4)cc3O)sc2c1. The molecule has 0 aliphatic carbocycles. The van der Waals surface area contributed by atoms with Crippen molar-refractivity contribution < 1.29 is 24.6 Å². The number of anilines is 2. The highest BCUT2D eigenvalue weighted by Gasteiger charge is 2.19. The topological polar surface area (TPSA) is 167 Å². The molecule has 8 aromatic rings. The van der Waals surface area contributed by atoms with Gasteiger partial charge in [0.05, 0.1) is 20.4 Å². The van der Waals surface area contributed by atoms with Crippen LogP contribution in [0.15, 0.2) is 122 Å². The quantitative estimate of drug-likeness (QED) is 0.107. The molecule has 4 aromatic heterocycles. The van der Waals surface area contributed by atoms with Crippen LogP contribution in [0.3, 0.4) is 0 Å². The molecule has 11 nitrogen and oxygen atoms in total. The first-order chi connectivity index (χ1) is 25.8. The summed E-state index contributed by atoms with van der Waals surface area (Å²) in [6.45, 7) is 0. The van der Waals surface area contributed by atoms with Crippen LogP contribution in [0.5, 0.6) is 11.5 Å². The van der Waals surface area contributed by atoms with Crippen LogP contribution in [0.1, 0.15) is 48.0 Å². The number of carbonyl (C=O) groups excluding carboxylic acids is 3. The maximum absolute atomic E-state index is 13.1. The minimum atomic E-state index is -0.612. The van der Waals surface area contributed by atoms with E-state index in [0.29, 0.717) is 38.9 Å². The Labute approximate surface area is 309 Å². The van der Waals surface area contributed by atoms with E-state index in [4.69, 9.17) is 0 Å². The Morgan fingerprint density at radius 1 is 0.585 bits per heavy atom. The minimum Gasteiger partial charge on any atom is -0.505 e. The van der Waals surface area contributed by atoms with Crippen LogP contribution in [-0.4, -0.2) is 47.7 Å². The van der Waals surface area contributed by atoms with Crippen LogP contribution in [-0.2, 0) is 6.42 Å². The smallest absolute Gasteiger partial charge is 0.279 e. The van der Waals surface area contributed by atoms with E-state index in [1.54, 1.807) is 36.4 Å². The number of benzene rings is 4. The number of nitrogens with one attached hydrogen (secondary N) is 2. The van der Waals surface area contributed by atoms with E-state index in [1.807, 2.05) is 60.7 Å². The second-order valence-corrected chi connectivity index (χ2v) is 14.0. The van der Waals surface area contributed by atoms with E-state index in [9.17, 15) is 24.6 Å². The van der Waals surface area contributed by atoms with Crippen molar-refractivity contribution in [2.75, 3.05) is 10.6 Å². The Morgan fingerprint density at radius 3 is 1.98 bits per heavy atom. The van der Waals surface area contributed by atoms with E-state index in [-0.39, 0.29) is 28.7 Å². The summed E-state index contributed by atoms with van der Waals surface area (Å²) in [5, 5.41) is 26.9. The molecule has 258 valence electrons. The Kier molecular flexibility index (Phi) is 8.84. The molecule has 0 aliphatic rings. The molecule has 4 heterocycles. The minimum absolute atomic E-state index is 0.0767. The number of thiazole rings is 2. The second-order valence-electron chi connectivity index (χ2n) is 12.0. The molecule has 0 radical (unpaired) electrons. The average Bonchev–Trinajstić information content (AvgIpc) is 3.77. The molecule has 0 bridgehead atoms.